The zero-order valence-corrected chi connectivity index (χ0v) is 16.9. The van der Waals surface area contributed by atoms with E-state index in [0.29, 0.717) is 12.1 Å². The number of aromatic nitrogens is 2. The van der Waals surface area contributed by atoms with Crippen molar-refractivity contribution >= 4 is 0 Å². The number of aryl methyl sites for hydroxylation is 1. The Morgan fingerprint density at radius 3 is 2.65 bits per heavy atom. The summed E-state index contributed by atoms with van der Waals surface area (Å²) in [5.74, 6) is 0. The van der Waals surface area contributed by atoms with Crippen molar-refractivity contribution in [2.24, 2.45) is 0 Å². The summed E-state index contributed by atoms with van der Waals surface area (Å²) in [6.07, 6.45) is 6.59. The molecule has 2 aliphatic heterocycles. The van der Waals surface area contributed by atoms with Gasteiger partial charge < -0.3 is 10.0 Å². The lowest BCUT2D eigenvalue weighted by Gasteiger charge is -2.47. The van der Waals surface area contributed by atoms with E-state index in [1.807, 2.05) is 0 Å². The van der Waals surface area contributed by atoms with Gasteiger partial charge in [0.1, 0.15) is 0 Å². The SMILES string of the molecule is CCCn1ncc(CN2CCN(C3CCN(C)CC3)[C@H](CCO)C2)c1C. The summed E-state index contributed by atoms with van der Waals surface area (Å²) in [5, 5.41) is 14.1. The van der Waals surface area contributed by atoms with Gasteiger partial charge >= 0.3 is 0 Å². The monoisotopic (exact) mass is 363 g/mol. The summed E-state index contributed by atoms with van der Waals surface area (Å²) in [6, 6.07) is 1.17. The van der Waals surface area contributed by atoms with E-state index in [-0.39, 0.29) is 6.61 Å². The zero-order chi connectivity index (χ0) is 18.5. The number of aliphatic hydroxyl groups excluding tert-OH is 1. The van der Waals surface area contributed by atoms with E-state index in [9.17, 15) is 5.11 Å². The lowest BCUT2D eigenvalue weighted by atomic mass is 9.98. The Bertz CT molecular complexity index is 552. The van der Waals surface area contributed by atoms with Gasteiger partial charge in [-0.1, -0.05) is 6.92 Å². The summed E-state index contributed by atoms with van der Waals surface area (Å²) in [7, 11) is 2.22. The maximum Gasteiger partial charge on any atom is 0.0537 e. The van der Waals surface area contributed by atoms with E-state index in [1.165, 1.54) is 37.2 Å². The van der Waals surface area contributed by atoms with Gasteiger partial charge in [0.15, 0.2) is 0 Å². The maximum atomic E-state index is 9.59. The van der Waals surface area contributed by atoms with Gasteiger partial charge in [-0.25, -0.2) is 0 Å². The average Bonchev–Trinajstić information content (AvgIpc) is 2.97. The highest BCUT2D eigenvalue weighted by atomic mass is 16.3. The quantitative estimate of drug-likeness (QED) is 0.797. The lowest BCUT2D eigenvalue weighted by Crippen LogP contribution is -2.58. The van der Waals surface area contributed by atoms with Crippen molar-refractivity contribution in [2.75, 3.05) is 46.4 Å². The topological polar surface area (TPSA) is 47.8 Å². The van der Waals surface area contributed by atoms with Crippen molar-refractivity contribution in [3.63, 3.8) is 0 Å². The van der Waals surface area contributed by atoms with Crippen LogP contribution in [0.3, 0.4) is 0 Å². The van der Waals surface area contributed by atoms with Gasteiger partial charge in [0.05, 0.1) is 6.20 Å². The Labute approximate surface area is 158 Å². The summed E-state index contributed by atoms with van der Waals surface area (Å²) in [5.41, 5.74) is 2.66. The van der Waals surface area contributed by atoms with Crippen molar-refractivity contribution in [2.45, 2.75) is 64.7 Å². The Hall–Kier alpha value is -0.950. The molecule has 148 valence electrons. The van der Waals surface area contributed by atoms with Gasteiger partial charge in [0, 0.05) is 62.7 Å². The van der Waals surface area contributed by atoms with E-state index in [2.05, 4.69) is 51.6 Å². The molecule has 2 saturated heterocycles. The minimum absolute atomic E-state index is 0.287. The fraction of sp³-hybridized carbons (Fsp3) is 0.850. The van der Waals surface area contributed by atoms with E-state index in [4.69, 9.17) is 0 Å². The van der Waals surface area contributed by atoms with Crippen LogP contribution >= 0.6 is 0 Å². The maximum absolute atomic E-state index is 9.59. The standard InChI is InChI=1S/C20H37N5O/c1-4-8-25-17(2)18(14-21-25)15-23-11-12-24(20(16-23)7-13-26)19-5-9-22(3)10-6-19/h14,19-20,26H,4-13,15-16H2,1-3H3/t20-/m1/s1. The molecule has 6 nitrogen and oxygen atoms in total. The number of piperazine rings is 1. The number of aliphatic hydroxyl groups is 1. The molecular weight excluding hydrogens is 326 g/mol. The van der Waals surface area contributed by atoms with Crippen molar-refractivity contribution in [1.29, 1.82) is 0 Å². The number of rotatable bonds is 7. The number of likely N-dealkylation sites (tertiary alicyclic amines) is 1. The molecule has 26 heavy (non-hydrogen) atoms. The van der Waals surface area contributed by atoms with Gasteiger partial charge in [-0.05, 0) is 52.7 Å². The molecule has 0 radical (unpaired) electrons. The van der Waals surface area contributed by atoms with Crippen molar-refractivity contribution in [1.82, 2.24) is 24.5 Å². The molecule has 1 atom stereocenters. The Morgan fingerprint density at radius 1 is 1.19 bits per heavy atom. The van der Waals surface area contributed by atoms with Gasteiger partial charge in [-0.15, -0.1) is 0 Å². The van der Waals surface area contributed by atoms with Crippen molar-refractivity contribution < 1.29 is 5.11 Å². The predicted molar refractivity (Wildman–Crippen MR) is 105 cm³/mol. The molecule has 2 fully saturated rings. The molecule has 3 heterocycles. The van der Waals surface area contributed by atoms with E-state index in [0.717, 1.165) is 45.6 Å². The van der Waals surface area contributed by atoms with Gasteiger partial charge in [0.2, 0.25) is 0 Å². The van der Waals surface area contributed by atoms with Gasteiger partial charge in [0.25, 0.3) is 0 Å². The summed E-state index contributed by atoms with van der Waals surface area (Å²) in [6.45, 7) is 12.4. The first-order valence-corrected chi connectivity index (χ1v) is 10.4. The first-order chi connectivity index (χ1) is 12.6. The second kappa shape index (κ2) is 9.31. The molecule has 0 aromatic carbocycles. The van der Waals surface area contributed by atoms with E-state index >= 15 is 0 Å². The highest BCUT2D eigenvalue weighted by Crippen LogP contribution is 2.24. The van der Waals surface area contributed by atoms with E-state index < -0.39 is 0 Å². The third-order valence-electron chi connectivity index (χ3n) is 6.27. The largest absolute Gasteiger partial charge is 0.396 e. The van der Waals surface area contributed by atoms with Crippen molar-refractivity contribution in [3.8, 4) is 0 Å². The number of nitrogens with zero attached hydrogens (tertiary/aromatic N) is 5. The van der Waals surface area contributed by atoms with Crippen LogP contribution in [0, 0.1) is 6.92 Å². The molecule has 0 amide bonds. The molecule has 1 N–H and O–H groups in total. The summed E-state index contributed by atoms with van der Waals surface area (Å²) < 4.78 is 2.13. The highest BCUT2D eigenvalue weighted by molar-refractivity contribution is 5.16. The molecule has 1 aromatic rings. The normalized spacial score (nSPS) is 24.4. The van der Waals surface area contributed by atoms with Crippen LogP contribution in [0.5, 0.6) is 0 Å². The first kappa shape index (κ1) is 19.8. The van der Waals surface area contributed by atoms with Crippen LogP contribution in [0.15, 0.2) is 6.20 Å². The van der Waals surface area contributed by atoms with Crippen LogP contribution in [-0.4, -0.2) is 88.0 Å². The fourth-order valence-electron chi connectivity index (χ4n) is 4.61. The highest BCUT2D eigenvalue weighted by Gasteiger charge is 2.33. The molecule has 2 aliphatic rings. The molecular formula is C20H37N5O. The second-order valence-electron chi connectivity index (χ2n) is 8.15. The van der Waals surface area contributed by atoms with Gasteiger partial charge in [-0.3, -0.25) is 14.5 Å². The molecule has 0 spiro atoms. The summed E-state index contributed by atoms with van der Waals surface area (Å²) in [4.78, 5) is 7.70. The number of hydrogen-bond donors (Lipinski definition) is 1. The third kappa shape index (κ3) is 4.66. The molecule has 1 aromatic heterocycles. The fourth-order valence-corrected chi connectivity index (χ4v) is 4.61. The van der Waals surface area contributed by atoms with E-state index in [1.54, 1.807) is 0 Å². The van der Waals surface area contributed by atoms with Crippen LogP contribution in [-0.2, 0) is 13.1 Å². The Balaban J connectivity index is 1.60. The minimum atomic E-state index is 0.287. The smallest absolute Gasteiger partial charge is 0.0537 e. The number of piperidine rings is 1. The Kier molecular flexibility index (Phi) is 7.09. The van der Waals surface area contributed by atoms with Crippen LogP contribution in [0.1, 0.15) is 43.9 Å². The van der Waals surface area contributed by atoms with Crippen LogP contribution in [0.2, 0.25) is 0 Å². The first-order valence-electron chi connectivity index (χ1n) is 10.4. The molecule has 0 unspecified atom stereocenters. The molecule has 0 bridgehead atoms. The van der Waals surface area contributed by atoms with Crippen molar-refractivity contribution in [3.05, 3.63) is 17.5 Å². The molecule has 3 rings (SSSR count). The molecule has 0 aliphatic carbocycles. The second-order valence-corrected chi connectivity index (χ2v) is 8.15. The summed E-state index contributed by atoms with van der Waals surface area (Å²) >= 11 is 0. The minimum Gasteiger partial charge on any atom is -0.396 e. The third-order valence-corrected chi connectivity index (χ3v) is 6.27. The zero-order valence-electron chi connectivity index (χ0n) is 16.9. The number of hydrogen-bond acceptors (Lipinski definition) is 5. The average molecular weight is 364 g/mol. The van der Waals surface area contributed by atoms with Crippen LogP contribution in [0.25, 0.3) is 0 Å². The lowest BCUT2D eigenvalue weighted by molar-refractivity contribution is 0.00593. The van der Waals surface area contributed by atoms with Gasteiger partial charge in [-0.2, -0.15) is 5.10 Å². The predicted octanol–water partition coefficient (Wildman–Crippen LogP) is 1.56. The van der Waals surface area contributed by atoms with Crippen LogP contribution in [0.4, 0.5) is 0 Å². The molecule has 0 saturated carbocycles. The molecule has 6 heteroatoms. The van der Waals surface area contributed by atoms with Crippen LogP contribution < -0.4 is 0 Å². The Morgan fingerprint density at radius 2 is 1.96 bits per heavy atom.